The van der Waals surface area contributed by atoms with Crippen molar-refractivity contribution in [2.75, 3.05) is 68.0 Å². The number of methoxy groups -OCH3 is 4. The molecule has 0 spiro atoms. The number of rotatable bonds is 22. The predicted molar refractivity (Wildman–Crippen MR) is 298 cm³/mol. The number of carbonyl (C=O) groups is 4. The number of nitrogens with zero attached hydrogens (tertiary/aromatic N) is 3. The van der Waals surface area contributed by atoms with Crippen LogP contribution in [0.1, 0.15) is 119 Å². The summed E-state index contributed by atoms with van der Waals surface area (Å²) in [5, 5.41) is 3.02. The van der Waals surface area contributed by atoms with Crippen LogP contribution in [-0.2, 0) is 32.2 Å². The van der Waals surface area contributed by atoms with Crippen molar-refractivity contribution in [1.82, 2.24) is 20.0 Å². The topological polar surface area (TPSA) is 164 Å². The standard InChI is InChI=1S/C29H40N2O6.C17H26N2O2.C12H15ClO4.CH4/c1-21(2)31(28(32)24-14-15-26(35-5)27(19-24)36-18-10-17-34-4)25-13-9-16-30(22(25)3)29(33)37-20-23-11-7-6-8-12-23;1-13(2)18-16-10-7-11-19(14(16)3)17(20)21-12-15-8-5-4-6-9-15;1-15-6-3-7-17-11-8-9(12(13)14)4-5-10(11)16-2;/h6-8,11-12,14-15,19,21-22,25H,9-10,13,16-18,20H2,1-5H3;4-6,8-9,13-14,16,18H,7,10-12H2,1-3H3;4-5,8H,3,6-7H2,1-2H3;1H4/t22-,25-;14-,16-;;/m11../s1. The summed E-state index contributed by atoms with van der Waals surface area (Å²) >= 11 is 5.40. The number of ether oxygens (including phenoxy) is 8. The highest BCUT2D eigenvalue weighted by Gasteiger charge is 2.39. The molecule has 17 heteroatoms. The smallest absolute Gasteiger partial charge is 0.410 e. The Balaban J connectivity index is 0.000000329. The molecule has 1 N–H and O–H groups in total. The van der Waals surface area contributed by atoms with Crippen molar-refractivity contribution in [3.05, 3.63) is 119 Å². The minimum absolute atomic E-state index is 0. The summed E-state index contributed by atoms with van der Waals surface area (Å²) in [5.41, 5.74) is 2.87. The first-order valence-electron chi connectivity index (χ1n) is 26.0. The monoisotopic (exact) mass is 1080 g/mol. The fourth-order valence-corrected chi connectivity index (χ4v) is 9.05. The third-order valence-electron chi connectivity index (χ3n) is 12.8. The second kappa shape index (κ2) is 34.6. The van der Waals surface area contributed by atoms with Crippen molar-refractivity contribution in [1.29, 1.82) is 0 Å². The average Bonchev–Trinajstić information content (AvgIpc) is 3.41. The second-order valence-electron chi connectivity index (χ2n) is 18.9. The van der Waals surface area contributed by atoms with Gasteiger partial charge in [-0.1, -0.05) is 81.9 Å². The zero-order valence-electron chi connectivity index (χ0n) is 45.7. The van der Waals surface area contributed by atoms with Gasteiger partial charge in [-0.2, -0.15) is 0 Å². The maximum Gasteiger partial charge on any atom is 0.410 e. The Morgan fingerprint density at radius 2 is 1.08 bits per heavy atom. The summed E-state index contributed by atoms with van der Waals surface area (Å²) in [6.45, 7) is 16.5. The molecule has 16 nitrogen and oxygen atoms in total. The van der Waals surface area contributed by atoms with E-state index in [1.165, 1.54) is 0 Å². The maximum atomic E-state index is 13.8. The van der Waals surface area contributed by atoms with Crippen LogP contribution in [0.4, 0.5) is 9.59 Å². The highest BCUT2D eigenvalue weighted by atomic mass is 35.5. The van der Waals surface area contributed by atoms with Crippen LogP contribution in [0.15, 0.2) is 97.1 Å². The number of amides is 3. The molecule has 2 saturated heterocycles. The lowest BCUT2D eigenvalue weighted by atomic mass is 9.94. The third kappa shape index (κ3) is 20.5. The molecular formula is C59H85ClN4O12. The zero-order valence-corrected chi connectivity index (χ0v) is 46.5. The number of halogens is 1. The molecular weight excluding hydrogens is 992 g/mol. The first-order chi connectivity index (χ1) is 36.1. The predicted octanol–water partition coefficient (Wildman–Crippen LogP) is 11.5. The summed E-state index contributed by atoms with van der Waals surface area (Å²) in [7, 11) is 6.40. The minimum atomic E-state index is -0.519. The molecule has 3 amide bonds. The van der Waals surface area contributed by atoms with Gasteiger partial charge in [-0.05, 0) is 113 Å². The van der Waals surface area contributed by atoms with E-state index in [9.17, 15) is 19.2 Å². The Kier molecular flexibility index (Phi) is 29.2. The van der Waals surface area contributed by atoms with Crippen molar-refractivity contribution in [2.45, 2.75) is 137 Å². The molecule has 0 bridgehead atoms. The summed E-state index contributed by atoms with van der Waals surface area (Å²) in [5.74, 6) is 2.08. The van der Waals surface area contributed by atoms with E-state index < -0.39 is 5.24 Å². The van der Waals surface area contributed by atoms with Crippen molar-refractivity contribution in [3.63, 3.8) is 0 Å². The Morgan fingerprint density at radius 1 is 0.618 bits per heavy atom. The van der Waals surface area contributed by atoms with Gasteiger partial charge in [0.05, 0.1) is 39.5 Å². The SMILES string of the molecule is C.CC(C)N[C@@H]1CCCN(C(=O)OCc2ccccc2)[C@@H]1C.COCCCOc1cc(C(=O)Cl)ccc1OC.COCCCOc1cc(C(=O)N(C(C)C)[C@@H]2CCCN(C(=O)OCc3ccccc3)[C@@H]2C)ccc1OC. The molecule has 6 rings (SSSR count). The molecule has 420 valence electrons. The van der Waals surface area contributed by atoms with Crippen LogP contribution in [-0.4, -0.2) is 142 Å². The molecule has 2 aliphatic heterocycles. The van der Waals surface area contributed by atoms with Gasteiger partial charge in [-0.15, -0.1) is 0 Å². The van der Waals surface area contributed by atoms with Crippen molar-refractivity contribution < 1.29 is 57.1 Å². The molecule has 2 aliphatic rings. The fourth-order valence-electron chi connectivity index (χ4n) is 8.93. The maximum absolute atomic E-state index is 13.8. The van der Waals surface area contributed by atoms with Crippen molar-refractivity contribution >= 4 is 34.9 Å². The van der Waals surface area contributed by atoms with Gasteiger partial charge in [0.25, 0.3) is 11.1 Å². The average molecular weight is 1080 g/mol. The number of benzene rings is 4. The molecule has 0 aliphatic carbocycles. The largest absolute Gasteiger partial charge is 0.493 e. The molecule has 4 aromatic carbocycles. The van der Waals surface area contributed by atoms with Crippen molar-refractivity contribution in [2.24, 2.45) is 0 Å². The number of likely N-dealkylation sites (tertiary alicyclic amines) is 2. The summed E-state index contributed by atoms with van der Waals surface area (Å²) < 4.78 is 43.0. The third-order valence-corrected chi connectivity index (χ3v) is 13.0. The highest BCUT2D eigenvalue weighted by molar-refractivity contribution is 6.67. The van der Waals surface area contributed by atoms with E-state index in [1.807, 2.05) is 91.2 Å². The van der Waals surface area contributed by atoms with Gasteiger partial charge in [0.1, 0.15) is 13.2 Å². The van der Waals surface area contributed by atoms with E-state index in [4.69, 9.17) is 49.5 Å². The van der Waals surface area contributed by atoms with E-state index in [1.54, 1.807) is 69.7 Å². The number of hydrogen-bond acceptors (Lipinski definition) is 13. The number of piperidine rings is 2. The molecule has 2 heterocycles. The molecule has 0 radical (unpaired) electrons. The van der Waals surface area contributed by atoms with Crippen LogP contribution in [0, 0.1) is 0 Å². The van der Waals surface area contributed by atoms with Gasteiger partial charge < -0.3 is 57.9 Å². The van der Waals surface area contributed by atoms with Gasteiger partial charge in [-0.25, -0.2) is 9.59 Å². The molecule has 4 atom stereocenters. The molecule has 76 heavy (non-hydrogen) atoms. The van der Waals surface area contributed by atoms with Gasteiger partial charge >= 0.3 is 12.2 Å². The Morgan fingerprint density at radius 3 is 1.53 bits per heavy atom. The lowest BCUT2D eigenvalue weighted by Crippen LogP contribution is -2.58. The Bertz CT molecular complexity index is 2320. The molecule has 0 aromatic heterocycles. The highest BCUT2D eigenvalue weighted by Crippen LogP contribution is 2.32. The molecule has 0 unspecified atom stereocenters. The fraction of sp³-hybridized carbons (Fsp3) is 0.525. The Hall–Kier alpha value is -6.07. The first kappa shape index (κ1) is 64.2. The number of nitrogens with one attached hydrogen (secondary N) is 1. The zero-order chi connectivity index (χ0) is 54.7. The summed E-state index contributed by atoms with van der Waals surface area (Å²) in [6, 6.07) is 30.1. The number of carbonyl (C=O) groups excluding carboxylic acids is 4. The van der Waals surface area contributed by atoms with Crippen LogP contribution >= 0.6 is 11.6 Å². The Labute approximate surface area is 457 Å². The van der Waals surface area contributed by atoms with Crippen LogP contribution in [0.25, 0.3) is 0 Å². The lowest BCUT2D eigenvalue weighted by Gasteiger charge is -2.45. The minimum Gasteiger partial charge on any atom is -0.493 e. The van der Waals surface area contributed by atoms with Crippen LogP contribution in [0.5, 0.6) is 23.0 Å². The summed E-state index contributed by atoms with van der Waals surface area (Å²) in [4.78, 5) is 55.6. The van der Waals surface area contributed by atoms with Gasteiger partial charge in [0, 0.05) is 88.7 Å². The van der Waals surface area contributed by atoms with E-state index in [2.05, 4.69) is 26.1 Å². The second-order valence-corrected chi connectivity index (χ2v) is 19.3. The quantitative estimate of drug-likeness (QED) is 0.0585. The lowest BCUT2D eigenvalue weighted by molar-refractivity contribution is 0.0175. The first-order valence-corrected chi connectivity index (χ1v) is 26.3. The van der Waals surface area contributed by atoms with Gasteiger partial charge in [-0.3, -0.25) is 9.59 Å². The van der Waals surface area contributed by atoms with Gasteiger partial charge in [0.15, 0.2) is 23.0 Å². The van der Waals surface area contributed by atoms with E-state index >= 15 is 0 Å². The van der Waals surface area contributed by atoms with E-state index in [0.717, 1.165) is 56.2 Å². The van der Waals surface area contributed by atoms with E-state index in [0.29, 0.717) is 85.8 Å². The van der Waals surface area contributed by atoms with Crippen LogP contribution in [0.2, 0.25) is 0 Å². The van der Waals surface area contributed by atoms with Crippen LogP contribution < -0.4 is 24.3 Å². The van der Waals surface area contributed by atoms with Crippen LogP contribution in [0.3, 0.4) is 0 Å². The normalized spacial score (nSPS) is 16.9. The summed E-state index contributed by atoms with van der Waals surface area (Å²) in [6.07, 6.45) is 4.67. The molecule has 4 aromatic rings. The van der Waals surface area contributed by atoms with E-state index in [-0.39, 0.29) is 56.3 Å². The molecule has 0 saturated carbocycles. The van der Waals surface area contributed by atoms with Gasteiger partial charge in [0.2, 0.25) is 0 Å². The number of hydrogen-bond donors (Lipinski definition) is 1. The van der Waals surface area contributed by atoms with Crippen molar-refractivity contribution in [3.8, 4) is 23.0 Å². The molecule has 2 fully saturated rings.